The van der Waals surface area contributed by atoms with E-state index in [0.29, 0.717) is 19.5 Å². The molecule has 1 rings (SSSR count). The Balaban J connectivity index is 2.99. The number of carbonyl (C=O) groups excluding carboxylic acids is 1. The Morgan fingerprint density at radius 3 is 2.89 bits per heavy atom. The van der Waals surface area contributed by atoms with Gasteiger partial charge in [-0.3, -0.25) is 10.1 Å². The van der Waals surface area contributed by atoms with Crippen molar-refractivity contribution in [3.8, 4) is 0 Å². The highest BCUT2D eigenvalue weighted by atomic mass is 16.6. The smallest absolute Gasteiger partial charge is 0.356 e. The van der Waals surface area contributed by atoms with Gasteiger partial charge in [0.15, 0.2) is 5.69 Å². The normalized spacial score (nSPS) is 9.89. The van der Waals surface area contributed by atoms with Crippen LogP contribution >= 0.6 is 0 Å². The fourth-order valence-corrected chi connectivity index (χ4v) is 1.26. The Morgan fingerprint density at radius 1 is 1.61 bits per heavy atom. The summed E-state index contributed by atoms with van der Waals surface area (Å²) in [5, 5.41) is 13.6. The molecule has 0 saturated heterocycles. The van der Waals surface area contributed by atoms with Gasteiger partial charge >= 0.3 is 11.7 Å². The Bertz CT molecular complexity index is 450. The van der Waals surface area contributed by atoms with Crippen LogP contribution in [0.1, 0.15) is 16.9 Å². The molecule has 0 atom stereocenters. The second-order valence-corrected chi connectivity index (χ2v) is 3.38. The van der Waals surface area contributed by atoms with Gasteiger partial charge in [-0.05, 0) is 19.0 Å². The molecule has 0 spiro atoms. The Hall–Kier alpha value is -2.22. The van der Waals surface area contributed by atoms with Crippen molar-refractivity contribution < 1.29 is 14.5 Å². The number of pyridine rings is 1. The van der Waals surface area contributed by atoms with E-state index in [4.69, 9.17) is 5.73 Å². The molecular formula is C10H14N4O4. The van der Waals surface area contributed by atoms with Gasteiger partial charge in [-0.2, -0.15) is 0 Å². The van der Waals surface area contributed by atoms with Crippen molar-refractivity contribution in [2.45, 2.75) is 6.42 Å². The van der Waals surface area contributed by atoms with Crippen LogP contribution < -0.4 is 11.1 Å². The number of nitrogens with two attached hydrogens (primary N) is 1. The zero-order chi connectivity index (χ0) is 13.5. The van der Waals surface area contributed by atoms with Crippen LogP contribution in [-0.4, -0.2) is 36.1 Å². The van der Waals surface area contributed by atoms with Crippen molar-refractivity contribution >= 4 is 17.5 Å². The van der Waals surface area contributed by atoms with E-state index in [2.05, 4.69) is 15.0 Å². The number of carbonyl (C=O) groups is 1. The van der Waals surface area contributed by atoms with Crippen LogP contribution in [0.5, 0.6) is 0 Å². The Morgan fingerprint density at radius 2 is 2.33 bits per heavy atom. The predicted molar refractivity (Wildman–Crippen MR) is 64.4 cm³/mol. The fraction of sp³-hybridized carbons (Fsp3) is 0.400. The molecule has 1 aromatic heterocycles. The van der Waals surface area contributed by atoms with Crippen LogP contribution in [-0.2, 0) is 4.74 Å². The Labute approximate surface area is 103 Å². The van der Waals surface area contributed by atoms with E-state index in [0.717, 1.165) is 0 Å². The second kappa shape index (κ2) is 6.50. The molecule has 0 aliphatic heterocycles. The zero-order valence-electron chi connectivity index (χ0n) is 9.88. The lowest BCUT2D eigenvalue weighted by Crippen LogP contribution is -2.13. The van der Waals surface area contributed by atoms with Gasteiger partial charge < -0.3 is 15.8 Å². The highest BCUT2D eigenvalue weighted by molar-refractivity contribution is 5.88. The van der Waals surface area contributed by atoms with Crippen LogP contribution in [0, 0.1) is 10.1 Å². The molecule has 8 heteroatoms. The molecule has 0 aromatic carbocycles. The van der Waals surface area contributed by atoms with Crippen molar-refractivity contribution in [3.05, 3.63) is 27.9 Å². The third-order valence-electron chi connectivity index (χ3n) is 2.14. The first kappa shape index (κ1) is 13.8. The van der Waals surface area contributed by atoms with E-state index in [1.54, 1.807) is 0 Å². The van der Waals surface area contributed by atoms with E-state index in [-0.39, 0.29) is 17.2 Å². The number of nitrogens with zero attached hydrogens (tertiary/aromatic N) is 2. The zero-order valence-corrected chi connectivity index (χ0v) is 9.88. The molecule has 98 valence electrons. The molecule has 0 saturated carbocycles. The van der Waals surface area contributed by atoms with Gasteiger partial charge in [-0.15, -0.1) is 0 Å². The Kier molecular flexibility index (Phi) is 5.00. The average Bonchev–Trinajstić information content (AvgIpc) is 2.37. The van der Waals surface area contributed by atoms with Gasteiger partial charge in [0.2, 0.25) is 5.82 Å². The van der Waals surface area contributed by atoms with Crippen molar-refractivity contribution in [1.82, 2.24) is 4.98 Å². The first-order valence-corrected chi connectivity index (χ1v) is 5.27. The molecule has 8 nitrogen and oxygen atoms in total. The molecule has 18 heavy (non-hydrogen) atoms. The van der Waals surface area contributed by atoms with E-state index in [1.807, 2.05) is 0 Å². The number of nitro groups is 1. The first-order valence-electron chi connectivity index (χ1n) is 5.27. The quantitative estimate of drug-likeness (QED) is 0.329. The van der Waals surface area contributed by atoms with Gasteiger partial charge in [0, 0.05) is 12.6 Å². The lowest BCUT2D eigenvalue weighted by atomic mass is 10.3. The molecule has 1 aromatic rings. The summed E-state index contributed by atoms with van der Waals surface area (Å²) in [7, 11) is 1.22. The third kappa shape index (κ3) is 3.39. The average molecular weight is 254 g/mol. The number of hydrogen-bond acceptors (Lipinski definition) is 7. The van der Waals surface area contributed by atoms with Crippen molar-refractivity contribution in [2.75, 3.05) is 25.5 Å². The lowest BCUT2D eigenvalue weighted by molar-refractivity contribution is -0.384. The van der Waals surface area contributed by atoms with Gasteiger partial charge in [0.1, 0.15) is 0 Å². The molecule has 0 aliphatic carbocycles. The van der Waals surface area contributed by atoms with Crippen LogP contribution in [0.4, 0.5) is 11.5 Å². The molecule has 0 aliphatic rings. The number of rotatable bonds is 6. The number of esters is 1. The van der Waals surface area contributed by atoms with Gasteiger partial charge in [0.25, 0.3) is 0 Å². The van der Waals surface area contributed by atoms with Gasteiger partial charge in [-0.1, -0.05) is 0 Å². The first-order chi connectivity index (χ1) is 8.60. The van der Waals surface area contributed by atoms with E-state index in [9.17, 15) is 14.9 Å². The maximum Gasteiger partial charge on any atom is 0.356 e. The van der Waals surface area contributed by atoms with E-state index in [1.165, 1.54) is 19.2 Å². The standard InChI is InChI=1S/C10H14N4O4/c1-18-10(15)7-3-4-8(14(16)17)9(13-7)12-6-2-5-11/h3-4H,2,5-6,11H2,1H3,(H,12,13). The minimum atomic E-state index is -0.647. The topological polar surface area (TPSA) is 120 Å². The lowest BCUT2D eigenvalue weighted by Gasteiger charge is -2.06. The van der Waals surface area contributed by atoms with Crippen LogP contribution in [0.2, 0.25) is 0 Å². The van der Waals surface area contributed by atoms with Crippen molar-refractivity contribution in [3.63, 3.8) is 0 Å². The number of aromatic nitrogens is 1. The van der Waals surface area contributed by atoms with Crippen molar-refractivity contribution in [1.29, 1.82) is 0 Å². The van der Waals surface area contributed by atoms with E-state index >= 15 is 0 Å². The minimum absolute atomic E-state index is 0.0124. The fourth-order valence-electron chi connectivity index (χ4n) is 1.26. The van der Waals surface area contributed by atoms with E-state index < -0.39 is 10.9 Å². The van der Waals surface area contributed by atoms with Crippen molar-refractivity contribution in [2.24, 2.45) is 5.73 Å². The van der Waals surface area contributed by atoms with Crippen LogP contribution in [0.15, 0.2) is 12.1 Å². The molecule has 0 unspecified atom stereocenters. The highest BCUT2D eigenvalue weighted by Gasteiger charge is 2.18. The molecular weight excluding hydrogens is 240 g/mol. The summed E-state index contributed by atoms with van der Waals surface area (Å²) in [5.74, 6) is -0.608. The molecule has 0 radical (unpaired) electrons. The maximum absolute atomic E-state index is 11.3. The summed E-state index contributed by atoms with van der Waals surface area (Å²) in [4.78, 5) is 25.4. The number of ether oxygens (including phenoxy) is 1. The summed E-state index contributed by atoms with van der Waals surface area (Å²) in [6, 6.07) is 2.46. The summed E-state index contributed by atoms with van der Waals surface area (Å²) >= 11 is 0. The minimum Gasteiger partial charge on any atom is -0.464 e. The maximum atomic E-state index is 11.3. The molecule has 0 amide bonds. The molecule has 0 fully saturated rings. The van der Waals surface area contributed by atoms with Crippen LogP contribution in [0.3, 0.4) is 0 Å². The summed E-state index contributed by atoms with van der Waals surface area (Å²) in [6.45, 7) is 0.895. The highest BCUT2D eigenvalue weighted by Crippen LogP contribution is 2.22. The monoisotopic (exact) mass is 254 g/mol. The molecule has 0 bridgehead atoms. The molecule has 1 heterocycles. The molecule has 3 N–H and O–H groups in total. The number of hydrogen-bond donors (Lipinski definition) is 2. The summed E-state index contributed by atoms with van der Waals surface area (Å²) < 4.78 is 4.50. The van der Waals surface area contributed by atoms with Gasteiger partial charge in [0.05, 0.1) is 12.0 Å². The summed E-state index contributed by atoms with van der Waals surface area (Å²) in [5.41, 5.74) is 5.14. The van der Waals surface area contributed by atoms with Gasteiger partial charge in [-0.25, -0.2) is 9.78 Å². The third-order valence-corrected chi connectivity index (χ3v) is 2.14. The number of nitrogens with one attached hydrogen (secondary N) is 1. The predicted octanol–water partition coefficient (Wildman–Crippen LogP) is 0.537. The second-order valence-electron chi connectivity index (χ2n) is 3.38. The SMILES string of the molecule is COC(=O)c1ccc([N+](=O)[O-])c(NCCCN)n1. The largest absolute Gasteiger partial charge is 0.464 e. The summed E-state index contributed by atoms with van der Waals surface area (Å²) in [6.07, 6.45) is 0.640. The number of anilines is 1. The van der Waals surface area contributed by atoms with Crippen LogP contribution in [0.25, 0.3) is 0 Å². The number of methoxy groups -OCH3 is 1.